The van der Waals surface area contributed by atoms with E-state index in [0.29, 0.717) is 19.5 Å². The van der Waals surface area contributed by atoms with Gasteiger partial charge in [0.1, 0.15) is 6.04 Å². The maximum Gasteiger partial charge on any atom is 0.248 e. The molecule has 1 rings (SSSR count). The van der Waals surface area contributed by atoms with Crippen LogP contribution in [0.5, 0.6) is 0 Å². The average molecular weight is 239 g/mol. The minimum absolute atomic E-state index is 0.00907. The summed E-state index contributed by atoms with van der Waals surface area (Å²) in [6.45, 7) is 8.63. The molecular formula is C12H21N3O2. The number of nitrogens with zero attached hydrogens (tertiary/aromatic N) is 2. The van der Waals surface area contributed by atoms with Gasteiger partial charge in [-0.3, -0.25) is 14.6 Å². The Morgan fingerprint density at radius 3 is 2.65 bits per heavy atom. The lowest BCUT2D eigenvalue weighted by atomic mass is 10.1. The van der Waals surface area contributed by atoms with Crippen LogP contribution in [0.25, 0.3) is 0 Å². The van der Waals surface area contributed by atoms with E-state index in [1.54, 1.807) is 18.0 Å². The Hall–Kier alpha value is -1.39. The summed E-state index contributed by atoms with van der Waals surface area (Å²) in [4.78, 5) is 29.5. The first kappa shape index (κ1) is 13.7. The van der Waals surface area contributed by atoms with Crippen molar-refractivity contribution in [3.8, 4) is 0 Å². The quantitative estimate of drug-likeness (QED) is 0.766. The summed E-state index contributed by atoms with van der Waals surface area (Å²) < 4.78 is 0. The molecule has 0 spiro atoms. The molecule has 1 N–H and O–H groups in total. The molecule has 1 atom stereocenters. The largest absolute Gasteiger partial charge is 0.349 e. The minimum Gasteiger partial charge on any atom is -0.349 e. The zero-order chi connectivity index (χ0) is 13.1. The molecule has 0 saturated heterocycles. The molecule has 1 aliphatic rings. The van der Waals surface area contributed by atoms with Crippen LogP contribution in [0.15, 0.2) is 4.99 Å². The van der Waals surface area contributed by atoms with Crippen LogP contribution >= 0.6 is 0 Å². The molecule has 0 radical (unpaired) electrons. The topological polar surface area (TPSA) is 61.8 Å². The molecule has 0 aromatic rings. The van der Waals surface area contributed by atoms with Crippen LogP contribution in [-0.2, 0) is 9.59 Å². The second-order valence-electron chi connectivity index (χ2n) is 5.18. The van der Waals surface area contributed by atoms with E-state index >= 15 is 0 Å². The van der Waals surface area contributed by atoms with Crippen molar-refractivity contribution in [3.05, 3.63) is 0 Å². The average Bonchev–Trinajstić information content (AvgIpc) is 2.25. The van der Waals surface area contributed by atoms with Crippen LogP contribution in [0.4, 0.5) is 0 Å². The molecule has 0 aromatic heterocycles. The van der Waals surface area contributed by atoms with Gasteiger partial charge in [0.15, 0.2) is 0 Å². The van der Waals surface area contributed by atoms with Crippen LogP contribution in [-0.4, -0.2) is 47.6 Å². The van der Waals surface area contributed by atoms with E-state index in [1.165, 1.54) is 0 Å². The predicted molar refractivity (Wildman–Crippen MR) is 67.0 cm³/mol. The molecule has 96 valence electrons. The number of hydrogen-bond donors (Lipinski definition) is 1. The summed E-state index contributed by atoms with van der Waals surface area (Å²) in [5.74, 6) is -0.173. The Bertz CT molecular complexity index is 331. The number of rotatable bonds is 2. The third kappa shape index (κ3) is 3.84. The van der Waals surface area contributed by atoms with Gasteiger partial charge in [-0.25, -0.2) is 0 Å². The van der Waals surface area contributed by atoms with E-state index in [0.717, 1.165) is 0 Å². The molecule has 0 bridgehead atoms. The van der Waals surface area contributed by atoms with E-state index in [9.17, 15) is 9.59 Å². The Morgan fingerprint density at radius 1 is 1.47 bits per heavy atom. The van der Waals surface area contributed by atoms with E-state index in [2.05, 4.69) is 10.3 Å². The Balaban J connectivity index is 2.78. The van der Waals surface area contributed by atoms with Crippen LogP contribution in [0.3, 0.4) is 0 Å². The number of hydrogen-bond acceptors (Lipinski definition) is 3. The SMILES string of the molecule is CCC(=O)N1CCN=CC1C(=O)NC(C)(C)C. The highest BCUT2D eigenvalue weighted by atomic mass is 16.2. The molecule has 0 fully saturated rings. The maximum atomic E-state index is 12.0. The second-order valence-corrected chi connectivity index (χ2v) is 5.18. The van der Waals surface area contributed by atoms with Crippen molar-refractivity contribution in [2.24, 2.45) is 4.99 Å². The summed E-state index contributed by atoms with van der Waals surface area (Å²) in [6, 6.07) is -0.560. The molecule has 5 heteroatoms. The first-order valence-corrected chi connectivity index (χ1v) is 5.96. The van der Waals surface area contributed by atoms with Crippen molar-refractivity contribution in [1.29, 1.82) is 0 Å². The zero-order valence-corrected chi connectivity index (χ0v) is 11.0. The lowest BCUT2D eigenvalue weighted by molar-refractivity contribution is -0.138. The lowest BCUT2D eigenvalue weighted by Gasteiger charge is -2.32. The third-order valence-corrected chi connectivity index (χ3v) is 2.44. The second kappa shape index (κ2) is 5.29. The Morgan fingerprint density at radius 2 is 2.12 bits per heavy atom. The summed E-state index contributed by atoms with van der Waals surface area (Å²) in [6.07, 6.45) is 1.98. The fraction of sp³-hybridized carbons (Fsp3) is 0.750. The van der Waals surface area contributed by atoms with Crippen LogP contribution in [0.1, 0.15) is 34.1 Å². The van der Waals surface area contributed by atoms with Gasteiger partial charge in [0.25, 0.3) is 0 Å². The van der Waals surface area contributed by atoms with Crippen LogP contribution in [0, 0.1) is 0 Å². The fourth-order valence-corrected chi connectivity index (χ4v) is 1.70. The molecule has 0 saturated carbocycles. The number of carbonyl (C=O) groups excluding carboxylic acids is 2. The predicted octanol–water partition coefficient (Wildman–Crippen LogP) is 0.593. The van der Waals surface area contributed by atoms with E-state index in [1.807, 2.05) is 20.8 Å². The van der Waals surface area contributed by atoms with Gasteiger partial charge in [0.2, 0.25) is 11.8 Å². The molecule has 0 aliphatic carbocycles. The molecule has 17 heavy (non-hydrogen) atoms. The molecule has 1 unspecified atom stereocenters. The van der Waals surface area contributed by atoms with Crippen molar-refractivity contribution in [2.75, 3.05) is 13.1 Å². The maximum absolute atomic E-state index is 12.0. The highest BCUT2D eigenvalue weighted by Gasteiger charge is 2.31. The summed E-state index contributed by atoms with van der Waals surface area (Å²) >= 11 is 0. The van der Waals surface area contributed by atoms with Gasteiger partial charge in [0, 0.05) is 24.7 Å². The monoisotopic (exact) mass is 239 g/mol. The number of aliphatic imine (C=N–C) groups is 1. The van der Waals surface area contributed by atoms with Crippen LogP contribution in [0.2, 0.25) is 0 Å². The molecule has 1 heterocycles. The Kier molecular flexibility index (Phi) is 4.26. The zero-order valence-electron chi connectivity index (χ0n) is 11.0. The fourth-order valence-electron chi connectivity index (χ4n) is 1.70. The standard InChI is InChI=1S/C12H21N3O2/c1-5-10(16)15-7-6-13-8-9(15)11(17)14-12(2,3)4/h8-9H,5-7H2,1-4H3,(H,14,17). The van der Waals surface area contributed by atoms with Gasteiger partial charge < -0.3 is 10.2 Å². The van der Waals surface area contributed by atoms with Gasteiger partial charge in [-0.1, -0.05) is 6.92 Å². The van der Waals surface area contributed by atoms with Crippen LogP contribution < -0.4 is 5.32 Å². The molecule has 1 aliphatic heterocycles. The first-order valence-electron chi connectivity index (χ1n) is 5.96. The molecular weight excluding hydrogens is 218 g/mol. The highest BCUT2D eigenvalue weighted by Crippen LogP contribution is 2.08. The van der Waals surface area contributed by atoms with Gasteiger partial charge in [0.05, 0.1) is 6.54 Å². The Labute approximate surface area is 102 Å². The van der Waals surface area contributed by atoms with E-state index < -0.39 is 6.04 Å². The first-order chi connectivity index (χ1) is 7.85. The normalized spacial score (nSPS) is 20.2. The van der Waals surface area contributed by atoms with E-state index in [4.69, 9.17) is 0 Å². The minimum atomic E-state index is -0.560. The highest BCUT2D eigenvalue weighted by molar-refractivity contribution is 6.01. The molecule has 0 aromatic carbocycles. The summed E-state index contributed by atoms with van der Waals surface area (Å²) in [5.41, 5.74) is -0.302. The third-order valence-electron chi connectivity index (χ3n) is 2.44. The number of amides is 2. The summed E-state index contributed by atoms with van der Waals surface area (Å²) in [5, 5.41) is 2.87. The van der Waals surface area contributed by atoms with Gasteiger partial charge in [-0.2, -0.15) is 0 Å². The molecule has 5 nitrogen and oxygen atoms in total. The van der Waals surface area contributed by atoms with E-state index in [-0.39, 0.29) is 17.4 Å². The van der Waals surface area contributed by atoms with Gasteiger partial charge in [-0.05, 0) is 20.8 Å². The van der Waals surface area contributed by atoms with Gasteiger partial charge in [-0.15, -0.1) is 0 Å². The van der Waals surface area contributed by atoms with Crippen molar-refractivity contribution in [2.45, 2.75) is 45.7 Å². The lowest BCUT2D eigenvalue weighted by Crippen LogP contribution is -2.56. The summed E-state index contributed by atoms with van der Waals surface area (Å²) in [7, 11) is 0. The van der Waals surface area contributed by atoms with Crippen molar-refractivity contribution < 1.29 is 9.59 Å². The smallest absolute Gasteiger partial charge is 0.248 e. The molecule has 2 amide bonds. The number of nitrogens with one attached hydrogen (secondary N) is 1. The van der Waals surface area contributed by atoms with Crippen molar-refractivity contribution in [1.82, 2.24) is 10.2 Å². The van der Waals surface area contributed by atoms with Crippen molar-refractivity contribution in [3.63, 3.8) is 0 Å². The van der Waals surface area contributed by atoms with Crippen molar-refractivity contribution >= 4 is 18.0 Å². The van der Waals surface area contributed by atoms with Gasteiger partial charge >= 0.3 is 0 Å². The number of carbonyl (C=O) groups is 2.